The second-order valence-electron chi connectivity index (χ2n) is 6.24. The van der Waals surface area contributed by atoms with Crippen LogP contribution in [-0.2, 0) is 0 Å². The quantitative estimate of drug-likeness (QED) is 0.560. The van der Waals surface area contributed by atoms with Crippen LogP contribution in [0, 0.1) is 10.1 Å². The summed E-state index contributed by atoms with van der Waals surface area (Å²) in [5, 5.41) is 11.4. The van der Waals surface area contributed by atoms with Crippen LogP contribution in [0.25, 0.3) is 0 Å². The molecule has 8 heteroatoms. The number of piperazine rings is 1. The Morgan fingerprint density at radius 3 is 2.48 bits per heavy atom. The molecule has 1 saturated heterocycles. The Kier molecular flexibility index (Phi) is 6.26. The lowest BCUT2D eigenvalue weighted by Crippen LogP contribution is -2.49. The first kappa shape index (κ1) is 19.1. The molecule has 1 aliphatic heterocycles. The van der Waals surface area contributed by atoms with Gasteiger partial charge in [0.2, 0.25) is 0 Å². The normalized spacial score (nSPS) is 14.8. The summed E-state index contributed by atoms with van der Waals surface area (Å²) < 4.78 is 5.62. The van der Waals surface area contributed by atoms with Crippen LogP contribution < -0.4 is 4.74 Å². The van der Waals surface area contributed by atoms with E-state index < -0.39 is 4.92 Å². The number of nitro groups is 1. The second kappa shape index (κ2) is 8.83. The van der Waals surface area contributed by atoms with Crippen LogP contribution in [0.5, 0.6) is 5.75 Å². The van der Waals surface area contributed by atoms with Gasteiger partial charge in [0.15, 0.2) is 0 Å². The van der Waals surface area contributed by atoms with Crippen LogP contribution in [0.1, 0.15) is 10.4 Å². The van der Waals surface area contributed by atoms with Crippen molar-refractivity contribution in [2.75, 3.05) is 39.3 Å². The molecule has 3 rings (SSSR count). The summed E-state index contributed by atoms with van der Waals surface area (Å²) in [5.41, 5.74) is 0.656. The summed E-state index contributed by atoms with van der Waals surface area (Å²) in [7, 11) is 0. The lowest BCUT2D eigenvalue weighted by Gasteiger charge is -2.34. The number of nitrogens with zero attached hydrogens (tertiary/aromatic N) is 3. The number of nitro benzene ring substituents is 1. The fourth-order valence-corrected chi connectivity index (χ4v) is 3.06. The Labute approximate surface area is 162 Å². The molecule has 2 aromatic rings. The van der Waals surface area contributed by atoms with Crippen LogP contribution in [-0.4, -0.2) is 60.0 Å². The minimum atomic E-state index is -0.441. The average molecular weight is 390 g/mol. The lowest BCUT2D eigenvalue weighted by atomic mass is 10.2. The average Bonchev–Trinajstić information content (AvgIpc) is 2.69. The number of halogens is 1. The van der Waals surface area contributed by atoms with Gasteiger partial charge in [-0.3, -0.25) is 19.8 Å². The van der Waals surface area contributed by atoms with Gasteiger partial charge in [0, 0.05) is 49.4 Å². The molecule has 0 aliphatic carbocycles. The van der Waals surface area contributed by atoms with E-state index in [-0.39, 0.29) is 11.6 Å². The van der Waals surface area contributed by atoms with Crippen molar-refractivity contribution in [1.82, 2.24) is 9.80 Å². The van der Waals surface area contributed by atoms with E-state index in [1.165, 1.54) is 12.1 Å². The Bertz CT molecular complexity index is 805. The van der Waals surface area contributed by atoms with Crippen LogP contribution in [0.2, 0.25) is 5.02 Å². The third-order valence-electron chi connectivity index (χ3n) is 4.46. The first-order valence-corrected chi connectivity index (χ1v) is 9.05. The zero-order valence-electron chi connectivity index (χ0n) is 14.7. The molecular formula is C19H20ClN3O4. The minimum Gasteiger partial charge on any atom is -0.492 e. The van der Waals surface area contributed by atoms with E-state index in [0.717, 1.165) is 13.1 Å². The summed E-state index contributed by atoms with van der Waals surface area (Å²) >= 11 is 5.86. The van der Waals surface area contributed by atoms with Crippen molar-refractivity contribution in [3.63, 3.8) is 0 Å². The van der Waals surface area contributed by atoms with Crippen molar-refractivity contribution in [3.05, 3.63) is 69.2 Å². The van der Waals surface area contributed by atoms with Gasteiger partial charge in [-0.1, -0.05) is 17.7 Å². The molecule has 0 spiro atoms. The van der Waals surface area contributed by atoms with Crippen molar-refractivity contribution in [2.45, 2.75) is 0 Å². The summed E-state index contributed by atoms with van der Waals surface area (Å²) in [6.07, 6.45) is 0. The maximum absolute atomic E-state index is 12.5. The van der Waals surface area contributed by atoms with Crippen LogP contribution >= 0.6 is 11.6 Å². The van der Waals surface area contributed by atoms with Crippen molar-refractivity contribution >= 4 is 23.2 Å². The number of carbonyl (C=O) groups is 1. The molecule has 0 aromatic heterocycles. The van der Waals surface area contributed by atoms with Gasteiger partial charge in [0.1, 0.15) is 12.4 Å². The largest absolute Gasteiger partial charge is 0.492 e. The Hall–Kier alpha value is -2.64. The molecule has 0 N–H and O–H groups in total. The SMILES string of the molecule is O=C(c1ccc(Cl)cc1)N1CCN(CCOc2cccc([N+](=O)[O-])c2)CC1. The summed E-state index contributed by atoms with van der Waals surface area (Å²) in [6, 6.07) is 13.1. The van der Waals surface area contributed by atoms with E-state index in [4.69, 9.17) is 16.3 Å². The fourth-order valence-electron chi connectivity index (χ4n) is 2.93. The van der Waals surface area contributed by atoms with Gasteiger partial charge in [0.05, 0.1) is 11.0 Å². The van der Waals surface area contributed by atoms with Crippen molar-refractivity contribution in [3.8, 4) is 5.75 Å². The van der Waals surface area contributed by atoms with Gasteiger partial charge in [-0.2, -0.15) is 0 Å². The molecular weight excluding hydrogens is 370 g/mol. The molecule has 1 fully saturated rings. The van der Waals surface area contributed by atoms with Crippen molar-refractivity contribution in [2.24, 2.45) is 0 Å². The highest BCUT2D eigenvalue weighted by Crippen LogP contribution is 2.19. The molecule has 0 atom stereocenters. The first-order chi connectivity index (χ1) is 13.0. The Morgan fingerprint density at radius 2 is 1.81 bits per heavy atom. The topological polar surface area (TPSA) is 75.9 Å². The maximum atomic E-state index is 12.5. The van der Waals surface area contributed by atoms with Gasteiger partial charge in [-0.05, 0) is 30.3 Å². The summed E-state index contributed by atoms with van der Waals surface area (Å²) in [4.78, 5) is 26.9. The molecule has 0 saturated carbocycles. The number of ether oxygens (including phenoxy) is 1. The maximum Gasteiger partial charge on any atom is 0.273 e. The van der Waals surface area contributed by atoms with Crippen LogP contribution in [0.3, 0.4) is 0 Å². The lowest BCUT2D eigenvalue weighted by molar-refractivity contribution is -0.384. The molecule has 142 valence electrons. The molecule has 2 aromatic carbocycles. The molecule has 7 nitrogen and oxygen atoms in total. The highest BCUT2D eigenvalue weighted by atomic mass is 35.5. The van der Waals surface area contributed by atoms with Gasteiger partial charge in [0.25, 0.3) is 11.6 Å². The Morgan fingerprint density at radius 1 is 1.11 bits per heavy atom. The third kappa shape index (κ3) is 5.18. The number of carbonyl (C=O) groups excluding carboxylic acids is 1. The predicted octanol–water partition coefficient (Wildman–Crippen LogP) is 3.09. The smallest absolute Gasteiger partial charge is 0.273 e. The molecule has 0 unspecified atom stereocenters. The molecule has 0 bridgehead atoms. The third-order valence-corrected chi connectivity index (χ3v) is 4.71. The fraction of sp³-hybridized carbons (Fsp3) is 0.316. The summed E-state index contributed by atoms with van der Waals surface area (Å²) in [5.74, 6) is 0.500. The zero-order valence-corrected chi connectivity index (χ0v) is 15.5. The summed E-state index contributed by atoms with van der Waals surface area (Å²) in [6.45, 7) is 3.96. The second-order valence-corrected chi connectivity index (χ2v) is 6.68. The molecule has 27 heavy (non-hydrogen) atoms. The van der Waals surface area contributed by atoms with E-state index >= 15 is 0 Å². The number of amides is 1. The van der Waals surface area contributed by atoms with E-state index in [9.17, 15) is 14.9 Å². The van der Waals surface area contributed by atoms with Gasteiger partial charge in [-0.25, -0.2) is 0 Å². The van der Waals surface area contributed by atoms with Crippen LogP contribution in [0.15, 0.2) is 48.5 Å². The van der Waals surface area contributed by atoms with Crippen molar-refractivity contribution in [1.29, 1.82) is 0 Å². The minimum absolute atomic E-state index is 0.0131. The van der Waals surface area contributed by atoms with E-state index in [2.05, 4.69) is 4.90 Å². The van der Waals surface area contributed by atoms with Gasteiger partial charge in [-0.15, -0.1) is 0 Å². The number of hydrogen-bond acceptors (Lipinski definition) is 5. The number of hydrogen-bond donors (Lipinski definition) is 0. The standard InChI is InChI=1S/C19H20ClN3O4/c20-16-6-4-15(5-7-16)19(24)22-10-8-21(9-11-22)12-13-27-18-3-1-2-17(14-18)23(25)26/h1-7,14H,8-13H2. The Balaban J connectivity index is 1.43. The number of rotatable bonds is 6. The van der Waals surface area contributed by atoms with Gasteiger partial charge >= 0.3 is 0 Å². The number of non-ortho nitro benzene ring substituents is 1. The highest BCUT2D eigenvalue weighted by molar-refractivity contribution is 6.30. The van der Waals surface area contributed by atoms with E-state index in [0.29, 0.717) is 42.6 Å². The zero-order chi connectivity index (χ0) is 19.2. The number of benzene rings is 2. The van der Waals surface area contributed by atoms with E-state index in [1.807, 2.05) is 4.90 Å². The van der Waals surface area contributed by atoms with E-state index in [1.54, 1.807) is 36.4 Å². The van der Waals surface area contributed by atoms with Gasteiger partial charge < -0.3 is 9.64 Å². The molecule has 1 amide bonds. The first-order valence-electron chi connectivity index (χ1n) is 8.67. The van der Waals surface area contributed by atoms with Crippen LogP contribution in [0.4, 0.5) is 5.69 Å². The molecule has 0 radical (unpaired) electrons. The highest BCUT2D eigenvalue weighted by Gasteiger charge is 2.22. The predicted molar refractivity (Wildman–Crippen MR) is 102 cm³/mol. The van der Waals surface area contributed by atoms with Crippen molar-refractivity contribution < 1.29 is 14.5 Å². The molecule has 1 aliphatic rings. The monoisotopic (exact) mass is 389 g/mol. The molecule has 1 heterocycles.